The molecule has 0 unspecified atom stereocenters. The Morgan fingerprint density at radius 2 is 2.25 bits per heavy atom. The van der Waals surface area contributed by atoms with Crippen LogP contribution in [0.4, 0.5) is 10.5 Å². The molecular weight excluding hydrogens is 319 g/mol. The fraction of sp³-hybridized carbons (Fsp3) is 0.300. The number of benzene rings is 1. The van der Waals surface area contributed by atoms with Gasteiger partial charge in [0.25, 0.3) is 0 Å². The summed E-state index contributed by atoms with van der Waals surface area (Å²) >= 11 is 2.19. The number of rotatable bonds is 3. The zero-order valence-corrected chi connectivity index (χ0v) is 11.2. The zero-order valence-electron chi connectivity index (χ0n) is 9.03. The Kier molecular flexibility index (Phi) is 4.97. The Labute approximate surface area is 108 Å². The minimum absolute atomic E-state index is 0.536. The molecule has 0 aliphatic heterocycles. The average Bonchev–Trinajstić information content (AvgIpc) is 2.30. The van der Waals surface area contributed by atoms with Crippen LogP contribution in [-0.2, 0) is 6.42 Å². The second-order valence-electron chi connectivity index (χ2n) is 3.32. The number of nitrogens with one attached hydrogen (secondary N) is 1. The Balaban J connectivity index is 3.05. The molecule has 0 fully saturated rings. The first kappa shape index (κ1) is 13.2. The van der Waals surface area contributed by atoms with E-state index >= 15 is 0 Å². The molecule has 0 atom stereocenters. The van der Waals surface area contributed by atoms with E-state index < -0.39 is 6.03 Å². The summed E-state index contributed by atoms with van der Waals surface area (Å²) in [6, 6.07) is 5.16. The van der Waals surface area contributed by atoms with Crippen LogP contribution in [0.2, 0.25) is 0 Å². The molecule has 0 saturated heterocycles. The van der Waals surface area contributed by atoms with Gasteiger partial charge in [-0.3, -0.25) is 5.43 Å². The second-order valence-corrected chi connectivity index (χ2v) is 4.40. The molecule has 1 aromatic carbocycles. The summed E-state index contributed by atoms with van der Waals surface area (Å²) in [5.74, 6) is 10.7. The largest absolute Gasteiger partial charge is 0.350 e. The highest BCUT2D eigenvalue weighted by atomic mass is 127. The number of nitrogens with two attached hydrogens (primary N) is 2. The number of halogens is 1. The van der Waals surface area contributed by atoms with Crippen LogP contribution in [0.25, 0.3) is 0 Å². The summed E-state index contributed by atoms with van der Waals surface area (Å²) in [5.41, 5.74) is 3.84. The lowest BCUT2D eigenvalue weighted by Crippen LogP contribution is -2.48. The SMILES string of the molecule is CCCc1cccc(N(N)C(=O)NN)c1I. The average molecular weight is 334 g/mol. The zero-order chi connectivity index (χ0) is 12.1. The number of aryl methyl sites for hydroxylation is 1. The van der Waals surface area contributed by atoms with Crippen molar-refractivity contribution in [2.75, 3.05) is 5.01 Å². The Hall–Kier alpha value is -0.860. The number of hydrazine groups is 2. The molecule has 0 aromatic heterocycles. The first-order valence-corrected chi connectivity index (χ1v) is 6.02. The van der Waals surface area contributed by atoms with Crippen LogP contribution in [0.15, 0.2) is 18.2 Å². The maximum Gasteiger partial charge on any atom is 0.350 e. The van der Waals surface area contributed by atoms with Gasteiger partial charge in [0, 0.05) is 3.57 Å². The quantitative estimate of drug-likeness (QED) is 0.339. The summed E-state index contributed by atoms with van der Waals surface area (Å²) in [5, 5.41) is 1.01. The summed E-state index contributed by atoms with van der Waals surface area (Å²) in [6.45, 7) is 2.11. The monoisotopic (exact) mass is 334 g/mol. The first-order valence-electron chi connectivity index (χ1n) is 4.94. The van der Waals surface area contributed by atoms with Gasteiger partial charge in [0.05, 0.1) is 5.69 Å². The van der Waals surface area contributed by atoms with Crippen LogP contribution in [0.5, 0.6) is 0 Å². The van der Waals surface area contributed by atoms with Crippen molar-refractivity contribution in [2.45, 2.75) is 19.8 Å². The van der Waals surface area contributed by atoms with Crippen molar-refractivity contribution in [3.05, 3.63) is 27.3 Å². The molecule has 2 amide bonds. The van der Waals surface area contributed by atoms with Crippen LogP contribution in [0.1, 0.15) is 18.9 Å². The summed E-state index contributed by atoms with van der Waals surface area (Å²) in [4.78, 5) is 11.3. The number of anilines is 1. The van der Waals surface area contributed by atoms with Gasteiger partial charge < -0.3 is 0 Å². The van der Waals surface area contributed by atoms with E-state index in [2.05, 4.69) is 29.5 Å². The van der Waals surface area contributed by atoms with Gasteiger partial charge in [0.2, 0.25) is 0 Å². The highest BCUT2D eigenvalue weighted by Gasteiger charge is 2.14. The first-order chi connectivity index (χ1) is 7.61. The lowest BCUT2D eigenvalue weighted by molar-refractivity contribution is 0.246. The van der Waals surface area contributed by atoms with Crippen molar-refractivity contribution in [3.8, 4) is 0 Å². The van der Waals surface area contributed by atoms with Crippen molar-refractivity contribution in [1.29, 1.82) is 0 Å². The predicted molar refractivity (Wildman–Crippen MR) is 72.5 cm³/mol. The van der Waals surface area contributed by atoms with Gasteiger partial charge in [0.1, 0.15) is 0 Å². The minimum atomic E-state index is -0.536. The number of hydrogen-bond acceptors (Lipinski definition) is 3. The molecule has 0 spiro atoms. The molecule has 0 heterocycles. The van der Waals surface area contributed by atoms with Gasteiger partial charge in [-0.25, -0.2) is 21.5 Å². The third-order valence-electron chi connectivity index (χ3n) is 2.18. The van der Waals surface area contributed by atoms with Crippen molar-refractivity contribution in [3.63, 3.8) is 0 Å². The second kappa shape index (κ2) is 6.02. The number of nitrogens with zero attached hydrogens (tertiary/aromatic N) is 1. The molecule has 88 valence electrons. The van der Waals surface area contributed by atoms with Crippen molar-refractivity contribution in [1.82, 2.24) is 5.43 Å². The molecular formula is C10H15IN4O. The van der Waals surface area contributed by atoms with Crippen molar-refractivity contribution < 1.29 is 4.79 Å². The Bertz CT molecular complexity index is 383. The molecule has 6 heteroatoms. The van der Waals surface area contributed by atoms with Gasteiger partial charge in [-0.15, -0.1) is 0 Å². The maximum absolute atomic E-state index is 11.3. The van der Waals surface area contributed by atoms with Crippen LogP contribution in [-0.4, -0.2) is 6.03 Å². The number of hydrogen-bond donors (Lipinski definition) is 3. The standard InChI is InChI=1S/C10H15IN4O/c1-2-4-7-5-3-6-8(9(7)11)15(13)10(16)14-12/h3,5-6H,2,4,12-13H2,1H3,(H,14,16). The van der Waals surface area contributed by atoms with Crippen LogP contribution < -0.4 is 22.1 Å². The highest BCUT2D eigenvalue weighted by Crippen LogP contribution is 2.25. The van der Waals surface area contributed by atoms with Gasteiger partial charge in [-0.1, -0.05) is 25.5 Å². The molecule has 1 rings (SSSR count). The van der Waals surface area contributed by atoms with E-state index in [9.17, 15) is 4.79 Å². The number of carbonyl (C=O) groups is 1. The van der Waals surface area contributed by atoms with Crippen molar-refractivity contribution in [2.24, 2.45) is 11.7 Å². The van der Waals surface area contributed by atoms with Crippen LogP contribution in [0, 0.1) is 3.57 Å². The predicted octanol–water partition coefficient (Wildman–Crippen LogP) is 1.51. The number of urea groups is 1. The molecule has 5 nitrogen and oxygen atoms in total. The van der Waals surface area contributed by atoms with E-state index in [1.807, 2.05) is 17.6 Å². The normalized spacial score (nSPS) is 10.0. The van der Waals surface area contributed by atoms with Crippen LogP contribution in [0.3, 0.4) is 0 Å². The minimum Gasteiger partial charge on any atom is -0.274 e. The van der Waals surface area contributed by atoms with Gasteiger partial charge in [0.15, 0.2) is 0 Å². The molecule has 5 N–H and O–H groups in total. The van der Waals surface area contributed by atoms with Gasteiger partial charge >= 0.3 is 6.03 Å². The molecule has 0 radical (unpaired) electrons. The number of carbonyl (C=O) groups excluding carboxylic acids is 1. The molecule has 16 heavy (non-hydrogen) atoms. The van der Waals surface area contributed by atoms with E-state index in [4.69, 9.17) is 11.7 Å². The molecule has 0 saturated carbocycles. The van der Waals surface area contributed by atoms with Crippen molar-refractivity contribution >= 4 is 34.3 Å². The lowest BCUT2D eigenvalue weighted by atomic mass is 10.1. The Morgan fingerprint density at radius 3 is 2.81 bits per heavy atom. The smallest absolute Gasteiger partial charge is 0.274 e. The van der Waals surface area contributed by atoms with Crippen LogP contribution >= 0.6 is 22.6 Å². The van der Waals surface area contributed by atoms with E-state index in [0.29, 0.717) is 5.69 Å². The van der Waals surface area contributed by atoms with E-state index in [1.54, 1.807) is 6.07 Å². The Morgan fingerprint density at radius 1 is 1.56 bits per heavy atom. The van der Waals surface area contributed by atoms with Gasteiger partial charge in [-0.05, 0) is 40.6 Å². The van der Waals surface area contributed by atoms with Gasteiger partial charge in [-0.2, -0.15) is 0 Å². The van der Waals surface area contributed by atoms with E-state index in [1.165, 1.54) is 5.56 Å². The lowest BCUT2D eigenvalue weighted by Gasteiger charge is -2.18. The fourth-order valence-electron chi connectivity index (χ4n) is 1.39. The maximum atomic E-state index is 11.3. The van der Waals surface area contributed by atoms with E-state index in [0.717, 1.165) is 21.4 Å². The third-order valence-corrected chi connectivity index (χ3v) is 3.42. The topological polar surface area (TPSA) is 84.4 Å². The number of amides is 2. The molecule has 0 aliphatic carbocycles. The molecule has 1 aromatic rings. The third kappa shape index (κ3) is 2.83. The summed E-state index contributed by atoms with van der Waals surface area (Å²) < 4.78 is 0.980. The fourth-order valence-corrected chi connectivity index (χ4v) is 2.28. The summed E-state index contributed by atoms with van der Waals surface area (Å²) in [7, 11) is 0. The molecule has 0 aliphatic rings. The summed E-state index contributed by atoms with van der Waals surface area (Å²) in [6.07, 6.45) is 2.01. The van der Waals surface area contributed by atoms with E-state index in [-0.39, 0.29) is 0 Å². The highest BCUT2D eigenvalue weighted by molar-refractivity contribution is 14.1. The molecule has 0 bridgehead atoms.